The summed E-state index contributed by atoms with van der Waals surface area (Å²) in [5.41, 5.74) is 5.89. The fourth-order valence-electron chi connectivity index (χ4n) is 3.88. The first kappa shape index (κ1) is 15.9. The van der Waals surface area contributed by atoms with Crippen LogP contribution in [0.5, 0.6) is 0 Å². The summed E-state index contributed by atoms with van der Waals surface area (Å²) in [5.74, 6) is 0. The van der Waals surface area contributed by atoms with Gasteiger partial charge in [-0.1, -0.05) is 62.4 Å². The van der Waals surface area contributed by atoms with E-state index < -0.39 is 0 Å². The van der Waals surface area contributed by atoms with E-state index in [-0.39, 0.29) is 10.8 Å². The highest BCUT2D eigenvalue weighted by molar-refractivity contribution is 5.64. The van der Waals surface area contributed by atoms with E-state index in [1.165, 1.54) is 22.3 Å². The summed E-state index contributed by atoms with van der Waals surface area (Å²) in [6.45, 7) is 7.95. The van der Waals surface area contributed by atoms with E-state index in [1.807, 2.05) is 0 Å². The number of rotatable bonds is 5. The molecule has 0 unspecified atom stereocenters. The molecule has 2 aromatic carbocycles. The Labute approximate surface area is 144 Å². The minimum Gasteiger partial charge on any atom is -0.379 e. The maximum atomic E-state index is 5.46. The van der Waals surface area contributed by atoms with E-state index in [0.29, 0.717) is 0 Å². The van der Waals surface area contributed by atoms with E-state index in [1.54, 1.807) is 0 Å². The predicted molar refractivity (Wildman–Crippen MR) is 97.5 cm³/mol. The molecule has 0 aromatic heterocycles. The van der Waals surface area contributed by atoms with Crippen molar-refractivity contribution in [1.82, 2.24) is 0 Å². The minimum absolute atomic E-state index is 0.250. The summed E-state index contributed by atoms with van der Waals surface area (Å²) in [5, 5.41) is 0. The van der Waals surface area contributed by atoms with Crippen LogP contribution < -0.4 is 0 Å². The van der Waals surface area contributed by atoms with Crippen molar-refractivity contribution in [2.45, 2.75) is 37.5 Å². The standard InChI is InChI=1S/C22H26O2/c1-3-21(13-23-14-21)19-9-5-17(6-10-19)18-7-11-20(12-8-18)22(4-2)15-24-16-22/h5-12H,3-4,13-16H2,1-2H3. The zero-order valence-corrected chi connectivity index (χ0v) is 14.7. The van der Waals surface area contributed by atoms with Gasteiger partial charge >= 0.3 is 0 Å². The second kappa shape index (κ2) is 6.02. The molecule has 2 heterocycles. The number of benzene rings is 2. The molecule has 2 aromatic rings. The zero-order valence-electron chi connectivity index (χ0n) is 14.7. The van der Waals surface area contributed by atoms with E-state index in [4.69, 9.17) is 9.47 Å². The van der Waals surface area contributed by atoms with Gasteiger partial charge in [-0.25, -0.2) is 0 Å². The monoisotopic (exact) mass is 322 g/mol. The van der Waals surface area contributed by atoms with Gasteiger partial charge in [-0.15, -0.1) is 0 Å². The summed E-state index contributed by atoms with van der Waals surface area (Å²) < 4.78 is 10.9. The molecule has 126 valence electrons. The highest BCUT2D eigenvalue weighted by Crippen LogP contribution is 2.38. The topological polar surface area (TPSA) is 18.5 Å². The largest absolute Gasteiger partial charge is 0.379 e. The van der Waals surface area contributed by atoms with Crippen molar-refractivity contribution < 1.29 is 9.47 Å². The first-order chi connectivity index (χ1) is 11.7. The Morgan fingerprint density at radius 3 is 1.17 bits per heavy atom. The Morgan fingerprint density at radius 1 is 0.625 bits per heavy atom. The molecule has 0 aliphatic carbocycles. The van der Waals surface area contributed by atoms with Crippen molar-refractivity contribution in [3.63, 3.8) is 0 Å². The van der Waals surface area contributed by atoms with Crippen molar-refractivity contribution in [1.29, 1.82) is 0 Å². The van der Waals surface area contributed by atoms with E-state index >= 15 is 0 Å². The van der Waals surface area contributed by atoms with Gasteiger partial charge in [0.15, 0.2) is 0 Å². The van der Waals surface area contributed by atoms with Gasteiger partial charge in [-0.3, -0.25) is 0 Å². The molecule has 24 heavy (non-hydrogen) atoms. The SMILES string of the molecule is CCC1(c2ccc(-c3ccc(C4(CC)COC4)cc3)cc2)COC1. The lowest BCUT2D eigenvalue weighted by atomic mass is 9.75. The second-order valence-electron chi connectivity index (χ2n) is 7.41. The molecule has 2 fully saturated rings. The molecule has 0 spiro atoms. The first-order valence-electron chi connectivity index (χ1n) is 9.08. The normalized spacial score (nSPS) is 20.9. The average molecular weight is 322 g/mol. The highest BCUT2D eigenvalue weighted by Gasteiger charge is 2.39. The lowest BCUT2D eigenvalue weighted by Crippen LogP contribution is -2.46. The lowest BCUT2D eigenvalue weighted by molar-refractivity contribution is -0.0620. The third-order valence-electron chi connectivity index (χ3n) is 6.19. The fourth-order valence-corrected chi connectivity index (χ4v) is 3.88. The van der Waals surface area contributed by atoms with Crippen molar-refractivity contribution in [3.05, 3.63) is 59.7 Å². The molecule has 2 saturated heterocycles. The zero-order chi connectivity index (χ0) is 16.6. The van der Waals surface area contributed by atoms with Crippen LogP contribution in [0.3, 0.4) is 0 Å². The van der Waals surface area contributed by atoms with Crippen LogP contribution in [0.4, 0.5) is 0 Å². The second-order valence-corrected chi connectivity index (χ2v) is 7.41. The maximum Gasteiger partial charge on any atom is 0.0585 e. The predicted octanol–water partition coefficient (Wildman–Crippen LogP) is 4.71. The molecule has 4 rings (SSSR count). The van der Waals surface area contributed by atoms with Crippen molar-refractivity contribution in [3.8, 4) is 11.1 Å². The molecule has 0 bridgehead atoms. The smallest absolute Gasteiger partial charge is 0.0585 e. The Kier molecular flexibility index (Phi) is 3.98. The van der Waals surface area contributed by atoms with Crippen LogP contribution in [0.2, 0.25) is 0 Å². The van der Waals surface area contributed by atoms with Gasteiger partial charge < -0.3 is 9.47 Å². The molecule has 2 heteroatoms. The fraction of sp³-hybridized carbons (Fsp3) is 0.455. The van der Waals surface area contributed by atoms with Gasteiger partial charge in [0.1, 0.15) is 0 Å². The Hall–Kier alpha value is -1.64. The van der Waals surface area contributed by atoms with Gasteiger partial charge in [0.25, 0.3) is 0 Å². The number of hydrogen-bond donors (Lipinski definition) is 0. The van der Waals surface area contributed by atoms with E-state index in [9.17, 15) is 0 Å². The van der Waals surface area contributed by atoms with Crippen LogP contribution in [0.25, 0.3) is 11.1 Å². The summed E-state index contributed by atoms with van der Waals surface area (Å²) in [7, 11) is 0. The third kappa shape index (κ3) is 2.40. The number of ether oxygens (including phenoxy) is 2. The summed E-state index contributed by atoms with van der Waals surface area (Å²) in [6.07, 6.45) is 2.28. The summed E-state index contributed by atoms with van der Waals surface area (Å²) in [6, 6.07) is 18.1. The first-order valence-corrected chi connectivity index (χ1v) is 9.08. The average Bonchev–Trinajstić information content (AvgIpc) is 2.55. The lowest BCUT2D eigenvalue weighted by Gasteiger charge is -2.41. The molecule has 2 aliphatic heterocycles. The van der Waals surface area contributed by atoms with Crippen LogP contribution in [-0.2, 0) is 20.3 Å². The Balaban J connectivity index is 1.56. The van der Waals surface area contributed by atoms with Crippen LogP contribution in [0, 0.1) is 0 Å². The molecule has 0 saturated carbocycles. The molecular formula is C22H26O2. The van der Waals surface area contributed by atoms with Crippen LogP contribution >= 0.6 is 0 Å². The van der Waals surface area contributed by atoms with Gasteiger partial charge in [-0.2, -0.15) is 0 Å². The van der Waals surface area contributed by atoms with Crippen LogP contribution in [0.1, 0.15) is 37.8 Å². The number of hydrogen-bond acceptors (Lipinski definition) is 2. The van der Waals surface area contributed by atoms with Crippen LogP contribution in [-0.4, -0.2) is 26.4 Å². The minimum atomic E-state index is 0.250. The summed E-state index contributed by atoms with van der Waals surface area (Å²) >= 11 is 0. The van der Waals surface area contributed by atoms with E-state index in [0.717, 1.165) is 39.3 Å². The van der Waals surface area contributed by atoms with Crippen molar-refractivity contribution in [2.24, 2.45) is 0 Å². The van der Waals surface area contributed by atoms with Gasteiger partial charge in [0.05, 0.1) is 26.4 Å². The highest BCUT2D eigenvalue weighted by atomic mass is 16.5. The van der Waals surface area contributed by atoms with E-state index in [2.05, 4.69) is 62.4 Å². The Bertz CT molecular complexity index is 617. The molecule has 2 aliphatic rings. The molecule has 0 amide bonds. The van der Waals surface area contributed by atoms with Crippen LogP contribution in [0.15, 0.2) is 48.5 Å². The molecule has 0 N–H and O–H groups in total. The van der Waals surface area contributed by atoms with Crippen molar-refractivity contribution >= 4 is 0 Å². The quantitative estimate of drug-likeness (QED) is 0.794. The third-order valence-corrected chi connectivity index (χ3v) is 6.19. The molecule has 0 radical (unpaired) electrons. The molecule has 2 nitrogen and oxygen atoms in total. The molecular weight excluding hydrogens is 296 g/mol. The van der Waals surface area contributed by atoms with Crippen molar-refractivity contribution in [2.75, 3.05) is 26.4 Å². The maximum absolute atomic E-state index is 5.46. The molecule has 0 atom stereocenters. The Morgan fingerprint density at radius 2 is 0.958 bits per heavy atom. The van der Waals surface area contributed by atoms with Gasteiger partial charge in [0, 0.05) is 10.8 Å². The van der Waals surface area contributed by atoms with Gasteiger partial charge in [0.2, 0.25) is 0 Å². The van der Waals surface area contributed by atoms with Gasteiger partial charge in [-0.05, 0) is 35.1 Å². The summed E-state index contributed by atoms with van der Waals surface area (Å²) in [4.78, 5) is 0.